The van der Waals surface area contributed by atoms with Crippen molar-refractivity contribution in [3.8, 4) is 22.8 Å². The lowest BCUT2D eigenvalue weighted by Gasteiger charge is -2.05. The number of nitro groups is 1. The Morgan fingerprint density at radius 2 is 2.04 bits per heavy atom. The molecule has 0 saturated heterocycles. The number of pyridine rings is 1. The molecule has 0 amide bonds. The largest absolute Gasteiger partial charge is 0.376 e. The van der Waals surface area contributed by atoms with Gasteiger partial charge in [-0.15, -0.1) is 6.58 Å². The molecule has 120 valence electrons. The zero-order valence-corrected chi connectivity index (χ0v) is 12.5. The van der Waals surface area contributed by atoms with E-state index in [1.165, 1.54) is 6.07 Å². The summed E-state index contributed by atoms with van der Waals surface area (Å²) in [5.41, 5.74) is 1.56. The van der Waals surface area contributed by atoms with E-state index in [2.05, 4.69) is 27.0 Å². The second-order valence-electron chi connectivity index (χ2n) is 4.82. The lowest BCUT2D eigenvalue weighted by Crippen LogP contribution is -2.02. The van der Waals surface area contributed by atoms with Gasteiger partial charge < -0.3 is 9.84 Å². The summed E-state index contributed by atoms with van der Waals surface area (Å²) in [4.78, 5) is 19.0. The van der Waals surface area contributed by atoms with Crippen molar-refractivity contribution in [3.05, 3.63) is 65.5 Å². The summed E-state index contributed by atoms with van der Waals surface area (Å²) in [6, 6.07) is 8.19. The maximum Gasteiger partial charge on any atom is 0.293 e. The Labute approximate surface area is 137 Å². The Balaban J connectivity index is 1.95. The highest BCUT2D eigenvalue weighted by atomic mass is 16.6. The predicted molar refractivity (Wildman–Crippen MR) is 88.3 cm³/mol. The minimum Gasteiger partial charge on any atom is -0.376 e. The smallest absolute Gasteiger partial charge is 0.293 e. The Morgan fingerprint density at radius 3 is 2.75 bits per heavy atom. The number of nitrogens with zero attached hydrogens (tertiary/aromatic N) is 4. The first-order valence-corrected chi connectivity index (χ1v) is 7.06. The molecule has 0 spiro atoms. The summed E-state index contributed by atoms with van der Waals surface area (Å²) < 4.78 is 5.21. The monoisotopic (exact) mass is 323 g/mol. The molecule has 1 aromatic carbocycles. The normalized spacial score (nSPS) is 10.3. The highest BCUT2D eigenvalue weighted by molar-refractivity contribution is 5.71. The third-order valence-electron chi connectivity index (χ3n) is 3.24. The van der Waals surface area contributed by atoms with Crippen LogP contribution in [0.5, 0.6) is 0 Å². The molecule has 0 atom stereocenters. The van der Waals surface area contributed by atoms with Crippen LogP contribution in [0, 0.1) is 10.1 Å². The maximum atomic E-state index is 11.3. The van der Waals surface area contributed by atoms with Gasteiger partial charge in [-0.25, -0.2) is 0 Å². The average molecular weight is 323 g/mol. The second kappa shape index (κ2) is 6.69. The van der Waals surface area contributed by atoms with Crippen LogP contribution in [0.25, 0.3) is 22.8 Å². The van der Waals surface area contributed by atoms with Gasteiger partial charge in [-0.2, -0.15) is 4.98 Å². The lowest BCUT2D eigenvalue weighted by atomic mass is 10.1. The van der Waals surface area contributed by atoms with Crippen LogP contribution in [0.2, 0.25) is 0 Å². The van der Waals surface area contributed by atoms with Crippen LogP contribution in [-0.2, 0) is 0 Å². The molecule has 8 nitrogen and oxygen atoms in total. The van der Waals surface area contributed by atoms with Gasteiger partial charge >= 0.3 is 0 Å². The van der Waals surface area contributed by atoms with Gasteiger partial charge in [0.2, 0.25) is 5.82 Å². The molecule has 3 rings (SSSR count). The third-order valence-corrected chi connectivity index (χ3v) is 3.24. The van der Waals surface area contributed by atoms with Gasteiger partial charge in [-0.05, 0) is 24.3 Å². The van der Waals surface area contributed by atoms with Crippen molar-refractivity contribution in [2.75, 3.05) is 11.9 Å². The van der Waals surface area contributed by atoms with Crippen molar-refractivity contribution in [1.82, 2.24) is 15.1 Å². The summed E-state index contributed by atoms with van der Waals surface area (Å²) in [7, 11) is 0. The van der Waals surface area contributed by atoms with Gasteiger partial charge in [0.05, 0.1) is 4.92 Å². The van der Waals surface area contributed by atoms with Gasteiger partial charge in [0.15, 0.2) is 0 Å². The Bertz CT molecular complexity index is 876. The van der Waals surface area contributed by atoms with Gasteiger partial charge in [0.25, 0.3) is 11.6 Å². The van der Waals surface area contributed by atoms with E-state index in [1.807, 2.05) is 0 Å². The molecule has 2 heterocycles. The van der Waals surface area contributed by atoms with Gasteiger partial charge in [-0.3, -0.25) is 15.1 Å². The first kappa shape index (κ1) is 15.3. The zero-order chi connectivity index (χ0) is 16.9. The summed E-state index contributed by atoms with van der Waals surface area (Å²) in [5, 5.41) is 18.1. The first-order chi connectivity index (χ1) is 11.7. The highest BCUT2D eigenvalue weighted by Crippen LogP contribution is 2.30. The molecular formula is C16H13N5O3. The van der Waals surface area contributed by atoms with Crippen molar-refractivity contribution >= 4 is 11.4 Å². The van der Waals surface area contributed by atoms with Crippen molar-refractivity contribution in [2.45, 2.75) is 0 Å². The fraction of sp³-hybridized carbons (Fsp3) is 0.0625. The third kappa shape index (κ3) is 3.12. The highest BCUT2D eigenvalue weighted by Gasteiger charge is 2.18. The minimum absolute atomic E-state index is 0.0652. The summed E-state index contributed by atoms with van der Waals surface area (Å²) >= 11 is 0. The number of nitrogens with one attached hydrogen (secondary N) is 1. The van der Waals surface area contributed by atoms with E-state index in [1.54, 1.807) is 42.7 Å². The number of nitro benzene ring substituents is 1. The summed E-state index contributed by atoms with van der Waals surface area (Å²) in [6.45, 7) is 4.00. The van der Waals surface area contributed by atoms with E-state index < -0.39 is 4.92 Å². The number of aromatic nitrogens is 3. The molecule has 0 saturated carbocycles. The molecule has 0 fully saturated rings. The van der Waals surface area contributed by atoms with E-state index in [0.717, 1.165) is 5.56 Å². The first-order valence-electron chi connectivity index (χ1n) is 7.06. The van der Waals surface area contributed by atoms with E-state index in [4.69, 9.17) is 4.52 Å². The molecule has 3 aromatic rings. The molecule has 0 aliphatic heterocycles. The average Bonchev–Trinajstić information content (AvgIpc) is 3.10. The van der Waals surface area contributed by atoms with Crippen LogP contribution in [0.3, 0.4) is 0 Å². The van der Waals surface area contributed by atoms with Crippen LogP contribution in [0.1, 0.15) is 0 Å². The molecular weight excluding hydrogens is 310 g/mol. The van der Waals surface area contributed by atoms with Gasteiger partial charge in [-0.1, -0.05) is 11.2 Å². The van der Waals surface area contributed by atoms with Crippen LogP contribution in [-0.4, -0.2) is 26.6 Å². The van der Waals surface area contributed by atoms with E-state index in [-0.39, 0.29) is 11.5 Å². The summed E-state index contributed by atoms with van der Waals surface area (Å²) in [5.74, 6) is 0.601. The Kier molecular flexibility index (Phi) is 4.28. The standard InChI is InChI=1S/C16H13N5O3/c1-2-7-18-13-4-3-12(10-14(13)21(22)23)15-19-16(24-20-15)11-5-8-17-9-6-11/h2-6,8-10,18H,1,7H2. The molecule has 0 unspecified atom stereocenters. The van der Waals surface area contributed by atoms with E-state index in [0.29, 0.717) is 23.7 Å². The predicted octanol–water partition coefficient (Wildman–Crippen LogP) is 3.30. The van der Waals surface area contributed by atoms with Crippen molar-refractivity contribution in [2.24, 2.45) is 0 Å². The molecule has 8 heteroatoms. The molecule has 0 aliphatic rings. The topological polar surface area (TPSA) is 107 Å². The molecule has 0 bridgehead atoms. The van der Waals surface area contributed by atoms with Crippen molar-refractivity contribution < 1.29 is 9.45 Å². The quantitative estimate of drug-likeness (QED) is 0.421. The molecule has 2 aromatic heterocycles. The van der Waals surface area contributed by atoms with Crippen LogP contribution in [0.4, 0.5) is 11.4 Å². The summed E-state index contributed by atoms with van der Waals surface area (Å²) in [6.07, 6.45) is 4.85. The second-order valence-corrected chi connectivity index (χ2v) is 4.82. The fourth-order valence-corrected chi connectivity index (χ4v) is 2.11. The van der Waals surface area contributed by atoms with Crippen molar-refractivity contribution in [3.63, 3.8) is 0 Å². The minimum atomic E-state index is -0.460. The number of rotatable bonds is 6. The fourth-order valence-electron chi connectivity index (χ4n) is 2.11. The van der Waals surface area contributed by atoms with E-state index >= 15 is 0 Å². The maximum absolute atomic E-state index is 11.3. The zero-order valence-electron chi connectivity index (χ0n) is 12.5. The van der Waals surface area contributed by atoms with Crippen LogP contribution < -0.4 is 5.32 Å². The van der Waals surface area contributed by atoms with Gasteiger partial charge in [0, 0.05) is 36.1 Å². The number of hydrogen-bond donors (Lipinski definition) is 1. The number of hydrogen-bond acceptors (Lipinski definition) is 7. The lowest BCUT2D eigenvalue weighted by molar-refractivity contribution is -0.383. The Hall–Kier alpha value is -3.55. The van der Waals surface area contributed by atoms with Gasteiger partial charge in [0.1, 0.15) is 5.69 Å². The Morgan fingerprint density at radius 1 is 1.25 bits per heavy atom. The molecule has 0 radical (unpaired) electrons. The van der Waals surface area contributed by atoms with Crippen molar-refractivity contribution in [1.29, 1.82) is 0 Å². The molecule has 1 N–H and O–H groups in total. The van der Waals surface area contributed by atoms with Crippen LogP contribution >= 0.6 is 0 Å². The SMILES string of the molecule is C=CCNc1ccc(-c2noc(-c3ccncc3)n2)cc1[N+](=O)[O-]. The molecule has 0 aliphatic carbocycles. The van der Waals surface area contributed by atoms with E-state index in [9.17, 15) is 10.1 Å². The number of anilines is 1. The van der Waals surface area contributed by atoms with Crippen LogP contribution in [0.15, 0.2) is 59.9 Å². The number of benzene rings is 1. The molecule has 24 heavy (non-hydrogen) atoms.